The molecule has 2 rings (SSSR count). The molecule has 148 valence electrons. The van der Waals surface area contributed by atoms with Gasteiger partial charge in [0, 0.05) is 6.42 Å². The second kappa shape index (κ2) is 10.5. The van der Waals surface area contributed by atoms with E-state index in [0.29, 0.717) is 23.7 Å². The highest BCUT2D eigenvalue weighted by molar-refractivity contribution is 8.18. The molecule has 1 aromatic rings. The highest BCUT2D eigenvalue weighted by Crippen LogP contribution is 2.39. The van der Waals surface area contributed by atoms with Crippen molar-refractivity contribution in [2.24, 2.45) is 4.99 Å². The zero-order valence-corrected chi connectivity index (χ0v) is 16.8. The Hall–Kier alpha value is -2.80. The Morgan fingerprint density at radius 3 is 2.57 bits per heavy atom. The highest BCUT2D eigenvalue weighted by Gasteiger charge is 2.33. The summed E-state index contributed by atoms with van der Waals surface area (Å²) >= 11 is 1.07. The van der Waals surface area contributed by atoms with Gasteiger partial charge < -0.3 is 14.6 Å². The van der Waals surface area contributed by atoms with Crippen LogP contribution in [0.5, 0.6) is 5.75 Å². The van der Waals surface area contributed by atoms with Crippen molar-refractivity contribution in [1.82, 2.24) is 0 Å². The molecule has 0 spiro atoms. The van der Waals surface area contributed by atoms with Crippen molar-refractivity contribution in [3.8, 4) is 5.75 Å². The first-order valence-corrected chi connectivity index (χ1v) is 9.77. The Bertz CT molecular complexity index is 837. The zero-order chi connectivity index (χ0) is 20.5. The summed E-state index contributed by atoms with van der Waals surface area (Å²) in [5.41, 5.74) is 0.720. The molecule has 0 aliphatic carbocycles. The van der Waals surface area contributed by atoms with Gasteiger partial charge in [0.25, 0.3) is 0 Å². The predicted molar refractivity (Wildman–Crippen MR) is 111 cm³/mol. The number of hydrogen-bond donors (Lipinski definition) is 1. The number of thioether (sulfide) groups is 1. The topological polar surface area (TPSA) is 85.2 Å². The number of ether oxygens (including phenoxy) is 2. The van der Waals surface area contributed by atoms with E-state index in [2.05, 4.69) is 11.6 Å². The summed E-state index contributed by atoms with van der Waals surface area (Å²) in [6.07, 6.45) is 4.29. The second-order valence-electron chi connectivity index (χ2n) is 5.78. The lowest BCUT2D eigenvalue weighted by atomic mass is 10.1. The lowest BCUT2D eigenvalue weighted by molar-refractivity contribution is -0.138. The number of esters is 1. The van der Waals surface area contributed by atoms with E-state index >= 15 is 0 Å². The molecule has 0 aromatic heterocycles. The van der Waals surface area contributed by atoms with E-state index in [1.54, 1.807) is 31.2 Å². The van der Waals surface area contributed by atoms with E-state index < -0.39 is 5.97 Å². The smallest absolute Gasteiger partial charge is 0.344 e. The predicted octanol–water partition coefficient (Wildman–Crippen LogP) is 4.44. The monoisotopic (exact) mass is 401 g/mol. The number of benzene rings is 1. The van der Waals surface area contributed by atoms with Gasteiger partial charge in [-0.25, -0.2) is 9.79 Å². The van der Waals surface area contributed by atoms with E-state index in [4.69, 9.17) is 9.47 Å². The van der Waals surface area contributed by atoms with Crippen LogP contribution in [-0.2, 0) is 14.3 Å². The first kappa shape index (κ1) is 21.5. The third kappa shape index (κ3) is 5.60. The Morgan fingerprint density at radius 2 is 1.96 bits per heavy atom. The fraction of sp³-hybridized carbons (Fsp3) is 0.286. The van der Waals surface area contributed by atoms with Crippen molar-refractivity contribution in [2.75, 3.05) is 13.2 Å². The van der Waals surface area contributed by atoms with Gasteiger partial charge in [0.05, 0.1) is 11.5 Å². The van der Waals surface area contributed by atoms with Crippen LogP contribution in [0.25, 0.3) is 6.08 Å². The van der Waals surface area contributed by atoms with Gasteiger partial charge in [-0.1, -0.05) is 43.5 Å². The molecule has 0 saturated carbocycles. The van der Waals surface area contributed by atoms with Gasteiger partial charge >= 0.3 is 5.97 Å². The van der Waals surface area contributed by atoms with Crippen LogP contribution in [0, 0.1) is 0 Å². The summed E-state index contributed by atoms with van der Waals surface area (Å²) in [5.74, 6) is -0.587. The largest absolute Gasteiger partial charge is 0.506 e. The molecule has 1 aliphatic heterocycles. The number of carbonyl (C=O) groups excluding carboxylic acids is 2. The van der Waals surface area contributed by atoms with Crippen LogP contribution >= 0.6 is 11.8 Å². The molecule has 0 fully saturated rings. The maximum Gasteiger partial charge on any atom is 0.344 e. The van der Waals surface area contributed by atoms with E-state index in [0.717, 1.165) is 17.3 Å². The number of hydrogen-bond acceptors (Lipinski definition) is 6. The molecule has 0 unspecified atom stereocenters. The molecular formula is C21H23NO5S. The molecule has 0 radical (unpaired) electrons. The number of aliphatic hydroxyl groups excluding tert-OH is 1. The Labute approximate surface area is 168 Å². The van der Waals surface area contributed by atoms with Gasteiger partial charge in [-0.2, -0.15) is 0 Å². The minimum Gasteiger partial charge on any atom is -0.506 e. The summed E-state index contributed by atoms with van der Waals surface area (Å²) in [5, 5.41) is 10.7. The Balaban J connectivity index is 2.33. The normalized spacial score (nSPS) is 16.5. The van der Waals surface area contributed by atoms with Crippen molar-refractivity contribution in [3.05, 3.63) is 58.7 Å². The summed E-state index contributed by atoms with van der Waals surface area (Å²) < 4.78 is 10.4. The molecular weight excluding hydrogens is 378 g/mol. The third-order valence-electron chi connectivity index (χ3n) is 3.61. The molecule has 0 saturated heterocycles. The highest BCUT2D eigenvalue weighted by atomic mass is 32.2. The number of nitrogens with zero attached hydrogens (tertiary/aromatic N) is 1. The average molecular weight is 401 g/mol. The van der Waals surface area contributed by atoms with Gasteiger partial charge in [0.15, 0.2) is 0 Å². The molecule has 7 heteroatoms. The quantitative estimate of drug-likeness (QED) is 0.512. The van der Waals surface area contributed by atoms with Crippen LogP contribution in [-0.4, -0.2) is 35.2 Å². The van der Waals surface area contributed by atoms with Gasteiger partial charge in [-0.3, -0.25) is 4.79 Å². The van der Waals surface area contributed by atoms with Gasteiger partial charge in [0.2, 0.25) is 5.91 Å². The van der Waals surface area contributed by atoms with Crippen LogP contribution in [0.15, 0.2) is 58.2 Å². The minimum absolute atomic E-state index is 0.0755. The molecule has 1 amide bonds. The summed E-state index contributed by atoms with van der Waals surface area (Å²) in [6.45, 7) is 7.70. The van der Waals surface area contributed by atoms with Crippen LogP contribution in [0.3, 0.4) is 0 Å². The van der Waals surface area contributed by atoms with Crippen molar-refractivity contribution in [2.45, 2.75) is 26.7 Å². The molecule has 0 bridgehead atoms. The van der Waals surface area contributed by atoms with Crippen molar-refractivity contribution in [1.29, 1.82) is 0 Å². The van der Waals surface area contributed by atoms with Crippen LogP contribution in [0.2, 0.25) is 0 Å². The van der Waals surface area contributed by atoms with Gasteiger partial charge in [0.1, 0.15) is 28.7 Å². The second-order valence-corrected chi connectivity index (χ2v) is 6.81. The first-order valence-electron chi connectivity index (χ1n) is 8.96. The van der Waals surface area contributed by atoms with E-state index in [9.17, 15) is 14.7 Å². The van der Waals surface area contributed by atoms with Gasteiger partial charge in [-0.15, -0.1) is 0 Å². The maximum absolute atomic E-state index is 12.3. The molecule has 1 aliphatic rings. The number of amides is 1. The summed E-state index contributed by atoms with van der Waals surface area (Å²) in [4.78, 5) is 28.6. The fourth-order valence-corrected chi connectivity index (χ4v) is 3.37. The van der Waals surface area contributed by atoms with Crippen LogP contribution < -0.4 is 4.74 Å². The summed E-state index contributed by atoms with van der Waals surface area (Å²) in [7, 11) is 0. The lowest BCUT2D eigenvalue weighted by Gasteiger charge is -2.03. The number of carbonyl (C=O) groups is 2. The number of rotatable bonds is 8. The van der Waals surface area contributed by atoms with Crippen LogP contribution in [0.1, 0.15) is 32.3 Å². The molecule has 28 heavy (non-hydrogen) atoms. The Kier molecular flexibility index (Phi) is 8.07. The van der Waals surface area contributed by atoms with Crippen molar-refractivity contribution < 1.29 is 24.2 Å². The molecule has 1 N–H and O–H groups in total. The third-order valence-corrected chi connectivity index (χ3v) is 4.63. The van der Waals surface area contributed by atoms with E-state index in [1.807, 2.05) is 19.1 Å². The summed E-state index contributed by atoms with van der Waals surface area (Å²) in [6, 6.07) is 7.23. The molecule has 1 heterocycles. The van der Waals surface area contributed by atoms with Gasteiger partial charge in [-0.05, 0) is 37.1 Å². The number of aliphatic imine (C=N–C) groups is 1. The lowest BCUT2D eigenvalue weighted by Crippen LogP contribution is -2.14. The first-order chi connectivity index (χ1) is 13.5. The average Bonchev–Trinajstić information content (AvgIpc) is 2.96. The fourth-order valence-electron chi connectivity index (χ4n) is 2.34. The van der Waals surface area contributed by atoms with Crippen molar-refractivity contribution in [3.63, 3.8) is 0 Å². The van der Waals surface area contributed by atoms with E-state index in [-0.39, 0.29) is 35.3 Å². The van der Waals surface area contributed by atoms with Crippen LogP contribution in [0.4, 0.5) is 0 Å². The molecule has 1 aromatic carbocycles. The maximum atomic E-state index is 12.3. The minimum atomic E-state index is -0.702. The number of aliphatic hydroxyl groups is 1. The van der Waals surface area contributed by atoms with E-state index in [1.165, 1.54) is 0 Å². The zero-order valence-electron chi connectivity index (χ0n) is 15.9. The molecule has 6 nitrogen and oxygen atoms in total. The van der Waals surface area contributed by atoms with Crippen molar-refractivity contribution >= 4 is 34.8 Å². The molecule has 0 atom stereocenters. The standard InChI is InChI=1S/C21H23NO5S/c1-4-7-17(23)22-20-18(21(25)26-6-3)19(24)16(28-20)13-14-8-10-15(11-9-14)27-12-5-2/h5,8-11,13,24H,2,4,6-7,12H2,1,3H3/b16-13-,22-20?. The SMILES string of the molecule is C=CCOc1ccc(/C=C2\SC(=NC(=O)CCC)C(C(=O)OCC)=C2O)cc1. The Morgan fingerprint density at radius 1 is 1.25 bits per heavy atom.